The maximum Gasteiger partial charge on any atom is 0.232 e. The smallest absolute Gasteiger partial charge is 0.232 e. The molecule has 12 heavy (non-hydrogen) atoms. The summed E-state index contributed by atoms with van der Waals surface area (Å²) in [5, 5.41) is 2.75. The van der Waals surface area contributed by atoms with Gasteiger partial charge < -0.3 is 11.1 Å². The third-order valence-electron chi connectivity index (χ3n) is 1.72. The maximum atomic E-state index is 11.4. The first-order chi connectivity index (χ1) is 5.42. The summed E-state index contributed by atoms with van der Waals surface area (Å²) in [5.41, 5.74) is 4.68. The molecule has 3 nitrogen and oxygen atoms in total. The van der Waals surface area contributed by atoms with E-state index in [0.717, 1.165) is 6.42 Å². The van der Waals surface area contributed by atoms with Crippen LogP contribution in [-0.4, -0.2) is 17.4 Å². The van der Waals surface area contributed by atoms with E-state index in [1.807, 2.05) is 6.92 Å². The molecule has 0 saturated heterocycles. The molecule has 3 N–H and O–H groups in total. The van der Waals surface area contributed by atoms with Crippen molar-refractivity contribution in [3.05, 3.63) is 0 Å². The van der Waals surface area contributed by atoms with E-state index in [-0.39, 0.29) is 10.9 Å². The van der Waals surface area contributed by atoms with Crippen molar-refractivity contribution in [1.29, 1.82) is 0 Å². The second-order valence-corrected chi connectivity index (χ2v) is 3.68. The van der Waals surface area contributed by atoms with Crippen LogP contribution in [0.25, 0.3) is 0 Å². The zero-order valence-electron chi connectivity index (χ0n) is 7.81. The Kier molecular flexibility index (Phi) is 4.17. The Labute approximate surface area is 78.7 Å². The Morgan fingerprint density at radius 3 is 2.42 bits per heavy atom. The molecule has 0 radical (unpaired) electrons. The van der Waals surface area contributed by atoms with Gasteiger partial charge in [-0.25, -0.2) is 0 Å². The van der Waals surface area contributed by atoms with Gasteiger partial charge >= 0.3 is 0 Å². The zero-order chi connectivity index (χ0) is 9.78. The first-order valence-corrected chi connectivity index (χ1v) is 4.42. The molecule has 1 amide bonds. The van der Waals surface area contributed by atoms with Gasteiger partial charge in [0, 0.05) is 6.54 Å². The first-order valence-electron chi connectivity index (χ1n) is 4.01. The van der Waals surface area contributed by atoms with Crippen molar-refractivity contribution >= 4 is 23.1 Å². The Morgan fingerprint density at radius 1 is 1.58 bits per heavy atom. The molecule has 4 heteroatoms. The molecule has 70 valence electrons. The normalized spacial score (nSPS) is 10.9. The van der Waals surface area contributed by atoms with Gasteiger partial charge in [-0.3, -0.25) is 4.79 Å². The molecule has 0 heterocycles. The fourth-order valence-corrected chi connectivity index (χ4v) is 0.664. The summed E-state index contributed by atoms with van der Waals surface area (Å²) in [5.74, 6) is -0.100. The minimum absolute atomic E-state index is 0.100. The van der Waals surface area contributed by atoms with Crippen molar-refractivity contribution in [2.75, 3.05) is 6.54 Å². The van der Waals surface area contributed by atoms with Gasteiger partial charge in [0.15, 0.2) is 0 Å². The van der Waals surface area contributed by atoms with Crippen molar-refractivity contribution in [3.63, 3.8) is 0 Å². The van der Waals surface area contributed by atoms with Crippen molar-refractivity contribution in [2.24, 2.45) is 11.1 Å². The Balaban J connectivity index is 4.16. The fourth-order valence-electron chi connectivity index (χ4n) is 0.571. The van der Waals surface area contributed by atoms with Crippen LogP contribution >= 0.6 is 12.2 Å². The number of nitrogens with two attached hydrogens (primary N) is 1. The van der Waals surface area contributed by atoms with Gasteiger partial charge in [-0.2, -0.15) is 0 Å². The third-order valence-corrected chi connectivity index (χ3v) is 2.23. The van der Waals surface area contributed by atoms with E-state index in [9.17, 15) is 4.79 Å². The molecular weight excluding hydrogens is 172 g/mol. The second-order valence-electron chi connectivity index (χ2n) is 3.25. The lowest BCUT2D eigenvalue weighted by Crippen LogP contribution is -2.45. The molecule has 0 aliphatic carbocycles. The topological polar surface area (TPSA) is 55.1 Å². The van der Waals surface area contributed by atoms with Crippen LogP contribution in [0.4, 0.5) is 0 Å². The summed E-state index contributed by atoms with van der Waals surface area (Å²) in [6.45, 7) is 6.11. The quantitative estimate of drug-likeness (QED) is 0.642. The number of thiocarbonyl (C=S) groups is 1. The van der Waals surface area contributed by atoms with Crippen molar-refractivity contribution in [3.8, 4) is 0 Å². The predicted molar refractivity (Wildman–Crippen MR) is 53.9 cm³/mol. The van der Waals surface area contributed by atoms with Crippen molar-refractivity contribution in [2.45, 2.75) is 27.2 Å². The molecule has 0 aliphatic rings. The summed E-state index contributed by atoms with van der Waals surface area (Å²) >= 11 is 4.78. The van der Waals surface area contributed by atoms with Crippen molar-refractivity contribution in [1.82, 2.24) is 5.32 Å². The summed E-state index contributed by atoms with van der Waals surface area (Å²) in [7, 11) is 0. The highest BCUT2D eigenvalue weighted by Crippen LogP contribution is 2.14. The molecule has 0 spiro atoms. The van der Waals surface area contributed by atoms with Gasteiger partial charge in [0.1, 0.15) is 0 Å². The number of nitrogens with one attached hydrogen (secondary N) is 1. The highest BCUT2D eigenvalue weighted by Gasteiger charge is 2.30. The highest BCUT2D eigenvalue weighted by atomic mass is 32.1. The van der Waals surface area contributed by atoms with Gasteiger partial charge in [-0.15, -0.1) is 0 Å². The summed E-state index contributed by atoms with van der Waals surface area (Å²) < 4.78 is 0. The van der Waals surface area contributed by atoms with E-state index < -0.39 is 5.41 Å². The van der Waals surface area contributed by atoms with Crippen LogP contribution in [0.2, 0.25) is 0 Å². The first kappa shape index (κ1) is 11.4. The predicted octanol–water partition coefficient (Wildman–Crippen LogP) is 0.825. The van der Waals surface area contributed by atoms with E-state index in [0.29, 0.717) is 6.54 Å². The van der Waals surface area contributed by atoms with E-state index in [4.69, 9.17) is 18.0 Å². The minimum Gasteiger partial charge on any atom is -0.392 e. The lowest BCUT2D eigenvalue weighted by Gasteiger charge is -2.21. The van der Waals surface area contributed by atoms with Crippen LogP contribution in [0.1, 0.15) is 27.2 Å². The zero-order valence-corrected chi connectivity index (χ0v) is 8.62. The average molecular weight is 188 g/mol. The molecule has 0 fully saturated rings. The Bertz CT molecular complexity index is 189. The summed E-state index contributed by atoms with van der Waals surface area (Å²) in [4.78, 5) is 11.6. The van der Waals surface area contributed by atoms with Crippen LogP contribution in [0.3, 0.4) is 0 Å². The number of rotatable bonds is 4. The standard InChI is InChI=1S/C8H16N2OS/c1-4-5-10-7(11)8(2,3)6(9)12/h4-5H2,1-3H3,(H2,9,12)(H,10,11). The lowest BCUT2D eigenvalue weighted by atomic mass is 9.92. The SMILES string of the molecule is CCCNC(=O)C(C)(C)C(N)=S. The molecule has 0 rings (SSSR count). The number of hydrogen-bond acceptors (Lipinski definition) is 2. The van der Waals surface area contributed by atoms with E-state index in [1.165, 1.54) is 0 Å². The fraction of sp³-hybridized carbons (Fsp3) is 0.750. The van der Waals surface area contributed by atoms with Crippen molar-refractivity contribution < 1.29 is 4.79 Å². The molecule has 0 unspecified atom stereocenters. The van der Waals surface area contributed by atoms with Crippen LogP contribution in [0, 0.1) is 5.41 Å². The third kappa shape index (κ3) is 2.77. The molecule has 0 saturated carbocycles. The van der Waals surface area contributed by atoms with Gasteiger partial charge in [0.2, 0.25) is 5.91 Å². The van der Waals surface area contributed by atoms with Gasteiger partial charge in [-0.1, -0.05) is 19.1 Å². The molecule has 0 bridgehead atoms. The highest BCUT2D eigenvalue weighted by molar-refractivity contribution is 7.80. The molecular formula is C8H16N2OS. The minimum atomic E-state index is -0.732. The van der Waals surface area contributed by atoms with E-state index in [2.05, 4.69) is 5.32 Å². The molecule has 0 atom stereocenters. The largest absolute Gasteiger partial charge is 0.392 e. The van der Waals surface area contributed by atoms with Crippen LogP contribution in [-0.2, 0) is 4.79 Å². The lowest BCUT2D eigenvalue weighted by molar-refractivity contribution is -0.126. The monoisotopic (exact) mass is 188 g/mol. The Hall–Kier alpha value is -0.640. The molecule has 0 aliphatic heterocycles. The molecule has 0 aromatic carbocycles. The van der Waals surface area contributed by atoms with Crippen LogP contribution in [0.15, 0.2) is 0 Å². The number of carbonyl (C=O) groups excluding carboxylic acids is 1. The number of amides is 1. The molecule has 0 aromatic heterocycles. The summed E-state index contributed by atoms with van der Waals surface area (Å²) in [6, 6.07) is 0. The number of carbonyl (C=O) groups is 1. The van der Waals surface area contributed by atoms with Crippen LogP contribution < -0.4 is 11.1 Å². The maximum absolute atomic E-state index is 11.4. The van der Waals surface area contributed by atoms with Gasteiger partial charge in [-0.05, 0) is 20.3 Å². The number of hydrogen-bond donors (Lipinski definition) is 2. The molecule has 0 aromatic rings. The van der Waals surface area contributed by atoms with E-state index in [1.54, 1.807) is 13.8 Å². The van der Waals surface area contributed by atoms with Gasteiger partial charge in [0.05, 0.1) is 10.4 Å². The van der Waals surface area contributed by atoms with E-state index >= 15 is 0 Å². The van der Waals surface area contributed by atoms with Gasteiger partial charge in [0.25, 0.3) is 0 Å². The second kappa shape index (κ2) is 4.40. The Morgan fingerprint density at radius 2 is 2.08 bits per heavy atom. The van der Waals surface area contributed by atoms with Crippen LogP contribution in [0.5, 0.6) is 0 Å². The summed E-state index contributed by atoms with van der Waals surface area (Å²) in [6.07, 6.45) is 0.916. The average Bonchev–Trinajstić information content (AvgIpc) is 1.99.